The molecule has 140 valence electrons. The largest absolute Gasteiger partial charge is 0.341 e. The van der Waals surface area contributed by atoms with Crippen molar-refractivity contribution in [2.45, 2.75) is 30.8 Å². The number of benzene rings is 2. The molecule has 3 unspecified atom stereocenters. The summed E-state index contributed by atoms with van der Waals surface area (Å²) in [6.45, 7) is 0.900. The summed E-state index contributed by atoms with van der Waals surface area (Å²) in [6.07, 6.45) is 1.77. The van der Waals surface area contributed by atoms with Crippen molar-refractivity contribution in [3.63, 3.8) is 0 Å². The van der Waals surface area contributed by atoms with E-state index < -0.39 is 0 Å². The third-order valence-electron chi connectivity index (χ3n) is 5.49. The molecule has 7 heteroatoms. The number of nitrogens with two attached hydrogens (primary N) is 1. The van der Waals surface area contributed by atoms with Crippen molar-refractivity contribution < 1.29 is 4.92 Å². The monoisotopic (exact) mass is 365 g/mol. The lowest BCUT2D eigenvalue weighted by Crippen LogP contribution is -2.48. The normalized spacial score (nSPS) is 22.0. The zero-order chi connectivity index (χ0) is 19.0. The van der Waals surface area contributed by atoms with Crippen LogP contribution in [0, 0.1) is 10.1 Å². The summed E-state index contributed by atoms with van der Waals surface area (Å²) < 4.78 is 0. The van der Waals surface area contributed by atoms with Crippen LogP contribution in [0.15, 0.2) is 48.5 Å². The van der Waals surface area contributed by atoms with Gasteiger partial charge < -0.3 is 15.6 Å². The number of piperidine rings is 1. The topological polar surface area (TPSA) is 101 Å². The van der Waals surface area contributed by atoms with Gasteiger partial charge in [-0.3, -0.25) is 10.1 Å². The Labute approximate surface area is 157 Å². The first-order valence-corrected chi connectivity index (χ1v) is 9.18. The van der Waals surface area contributed by atoms with E-state index in [9.17, 15) is 10.1 Å². The lowest BCUT2D eigenvalue weighted by atomic mass is 9.83. The molecule has 4 rings (SSSR count). The summed E-state index contributed by atoms with van der Waals surface area (Å²) >= 11 is 0. The quantitative estimate of drug-likeness (QED) is 0.547. The Morgan fingerprint density at radius 3 is 2.89 bits per heavy atom. The van der Waals surface area contributed by atoms with Crippen molar-refractivity contribution in [1.29, 1.82) is 0 Å². The molecule has 0 spiro atoms. The molecule has 27 heavy (non-hydrogen) atoms. The van der Waals surface area contributed by atoms with Crippen LogP contribution in [0.2, 0.25) is 0 Å². The molecule has 1 fully saturated rings. The van der Waals surface area contributed by atoms with Crippen molar-refractivity contribution in [2.75, 3.05) is 13.6 Å². The van der Waals surface area contributed by atoms with Crippen LogP contribution in [-0.2, 0) is 0 Å². The number of hydrogen-bond donors (Lipinski definition) is 2. The van der Waals surface area contributed by atoms with Gasteiger partial charge in [-0.05, 0) is 44.1 Å². The van der Waals surface area contributed by atoms with Crippen LogP contribution in [0.25, 0.3) is 11.0 Å². The highest BCUT2D eigenvalue weighted by molar-refractivity contribution is 5.75. The molecule has 1 aromatic heterocycles. The van der Waals surface area contributed by atoms with Crippen LogP contribution in [0.1, 0.15) is 30.1 Å². The number of H-pyrrole nitrogens is 1. The van der Waals surface area contributed by atoms with Crippen molar-refractivity contribution in [3.05, 3.63) is 70.0 Å². The molecule has 3 aromatic rings. The molecule has 0 bridgehead atoms. The molecule has 0 saturated carbocycles. The maximum atomic E-state index is 11.3. The Morgan fingerprint density at radius 2 is 2.11 bits per heavy atom. The molecular formula is C20H23N5O2. The number of aromatic amines is 1. The zero-order valence-corrected chi connectivity index (χ0v) is 15.2. The van der Waals surface area contributed by atoms with Crippen LogP contribution < -0.4 is 5.73 Å². The zero-order valence-electron chi connectivity index (χ0n) is 15.2. The van der Waals surface area contributed by atoms with E-state index in [0.29, 0.717) is 0 Å². The van der Waals surface area contributed by atoms with Crippen molar-refractivity contribution >= 4 is 16.7 Å². The predicted octanol–water partition coefficient (Wildman–Crippen LogP) is 3.02. The molecule has 3 N–H and O–H groups in total. The summed E-state index contributed by atoms with van der Waals surface area (Å²) in [5, 5.41) is 11.3. The number of nitrogens with one attached hydrogen (secondary N) is 1. The van der Waals surface area contributed by atoms with E-state index in [-0.39, 0.29) is 28.6 Å². The lowest BCUT2D eigenvalue weighted by Gasteiger charge is -2.40. The van der Waals surface area contributed by atoms with Crippen LogP contribution in [0.3, 0.4) is 0 Å². The number of hydrogen-bond acceptors (Lipinski definition) is 5. The van der Waals surface area contributed by atoms with Crippen LogP contribution >= 0.6 is 0 Å². The first-order chi connectivity index (χ1) is 13.0. The maximum absolute atomic E-state index is 11.3. The van der Waals surface area contributed by atoms with Gasteiger partial charge in [0.25, 0.3) is 5.69 Å². The Kier molecular flexibility index (Phi) is 4.63. The molecule has 1 aliphatic rings. The molecule has 0 amide bonds. The highest BCUT2D eigenvalue weighted by atomic mass is 16.6. The molecule has 1 saturated heterocycles. The number of likely N-dealkylation sites (tertiary alicyclic amines) is 1. The summed E-state index contributed by atoms with van der Waals surface area (Å²) in [5.41, 5.74) is 9.10. The number of aromatic nitrogens is 2. The van der Waals surface area contributed by atoms with E-state index in [1.54, 1.807) is 12.1 Å². The Balaban J connectivity index is 1.84. The summed E-state index contributed by atoms with van der Waals surface area (Å²) in [5.74, 6) is 0.705. The SMILES string of the molecule is CN1CCC(N)CC1C(c1cccc([N+](=O)[O-])c1)c1nc2ccccc2[nH]1. The predicted molar refractivity (Wildman–Crippen MR) is 105 cm³/mol. The fourth-order valence-corrected chi connectivity index (χ4v) is 4.05. The lowest BCUT2D eigenvalue weighted by molar-refractivity contribution is -0.384. The number of nitro benzene ring substituents is 1. The van der Waals surface area contributed by atoms with Gasteiger partial charge in [0.05, 0.1) is 21.9 Å². The van der Waals surface area contributed by atoms with E-state index in [2.05, 4.69) is 16.9 Å². The fourth-order valence-electron chi connectivity index (χ4n) is 4.05. The third kappa shape index (κ3) is 3.43. The van der Waals surface area contributed by atoms with Gasteiger partial charge in [-0.1, -0.05) is 24.3 Å². The second-order valence-corrected chi connectivity index (χ2v) is 7.30. The average molecular weight is 365 g/mol. The van der Waals surface area contributed by atoms with Gasteiger partial charge in [-0.2, -0.15) is 0 Å². The van der Waals surface area contributed by atoms with E-state index in [1.165, 1.54) is 6.07 Å². The van der Waals surface area contributed by atoms with Crippen molar-refractivity contribution in [1.82, 2.24) is 14.9 Å². The second kappa shape index (κ2) is 7.09. The molecular weight excluding hydrogens is 342 g/mol. The molecule has 1 aliphatic heterocycles. The van der Waals surface area contributed by atoms with E-state index in [0.717, 1.165) is 41.8 Å². The van der Waals surface area contributed by atoms with Gasteiger partial charge >= 0.3 is 0 Å². The van der Waals surface area contributed by atoms with Gasteiger partial charge in [0.1, 0.15) is 5.82 Å². The standard InChI is InChI=1S/C20H23N5O2/c1-24-10-9-14(21)12-18(24)19(13-5-4-6-15(11-13)25(26)27)20-22-16-7-2-3-8-17(16)23-20/h2-8,11,14,18-19H,9-10,12,21H2,1H3,(H,22,23). The number of non-ortho nitro benzene ring substituents is 1. The number of nitrogens with zero attached hydrogens (tertiary/aromatic N) is 3. The van der Waals surface area contributed by atoms with Crippen LogP contribution in [-0.4, -0.2) is 45.5 Å². The molecule has 0 radical (unpaired) electrons. The highest BCUT2D eigenvalue weighted by Crippen LogP contribution is 2.35. The number of fused-ring (bicyclic) bond motifs is 1. The Hall–Kier alpha value is -2.77. The first-order valence-electron chi connectivity index (χ1n) is 9.18. The van der Waals surface area contributed by atoms with Crippen LogP contribution in [0.5, 0.6) is 0 Å². The minimum atomic E-state index is -0.352. The number of rotatable bonds is 4. The van der Waals surface area contributed by atoms with Crippen molar-refractivity contribution in [2.24, 2.45) is 5.73 Å². The van der Waals surface area contributed by atoms with Crippen LogP contribution in [0.4, 0.5) is 5.69 Å². The molecule has 0 aliphatic carbocycles. The van der Waals surface area contributed by atoms with E-state index in [1.807, 2.05) is 30.3 Å². The third-order valence-corrected chi connectivity index (χ3v) is 5.49. The molecule has 2 heterocycles. The van der Waals surface area contributed by atoms with Crippen molar-refractivity contribution in [3.8, 4) is 0 Å². The Morgan fingerprint density at radius 1 is 1.30 bits per heavy atom. The van der Waals surface area contributed by atoms with Gasteiger partial charge in [-0.25, -0.2) is 4.98 Å². The summed E-state index contributed by atoms with van der Waals surface area (Å²) in [4.78, 5) is 21.5. The molecule has 3 atom stereocenters. The Bertz CT molecular complexity index is 937. The molecule has 7 nitrogen and oxygen atoms in total. The summed E-state index contributed by atoms with van der Waals surface area (Å²) in [6, 6.07) is 15.0. The van der Waals surface area contributed by atoms with Gasteiger partial charge in [0.15, 0.2) is 0 Å². The number of likely N-dealkylation sites (N-methyl/N-ethyl adjacent to an activating group) is 1. The minimum Gasteiger partial charge on any atom is -0.341 e. The minimum absolute atomic E-state index is 0.0939. The van der Waals surface area contributed by atoms with Gasteiger partial charge in [0, 0.05) is 24.2 Å². The number of imidazole rings is 1. The van der Waals surface area contributed by atoms with Gasteiger partial charge in [0.2, 0.25) is 0 Å². The van der Waals surface area contributed by atoms with E-state index >= 15 is 0 Å². The maximum Gasteiger partial charge on any atom is 0.269 e. The average Bonchev–Trinajstić information content (AvgIpc) is 3.08. The first kappa shape index (κ1) is 17.6. The van der Waals surface area contributed by atoms with E-state index in [4.69, 9.17) is 10.7 Å². The fraction of sp³-hybridized carbons (Fsp3) is 0.350. The smallest absolute Gasteiger partial charge is 0.269 e. The molecule has 2 aromatic carbocycles. The van der Waals surface area contributed by atoms with Gasteiger partial charge in [-0.15, -0.1) is 0 Å². The number of nitro groups is 1. The highest BCUT2D eigenvalue weighted by Gasteiger charge is 2.35. The second-order valence-electron chi connectivity index (χ2n) is 7.30. The number of para-hydroxylation sites is 2. The summed E-state index contributed by atoms with van der Waals surface area (Å²) in [7, 11) is 2.09.